The number of alkyl halides is 2. The number of carbonyl (C=O) groups is 1. The third kappa shape index (κ3) is 3.95. The SMILES string of the molecule is C=Cc1ccc(OC(C)(F)F)cc1C(=O)CCC. The van der Waals surface area contributed by atoms with Crippen LogP contribution in [0.25, 0.3) is 6.08 Å². The number of hydrogen-bond donors (Lipinski definition) is 0. The van der Waals surface area contributed by atoms with E-state index in [0.717, 1.165) is 0 Å². The summed E-state index contributed by atoms with van der Waals surface area (Å²) in [7, 11) is 0. The van der Waals surface area contributed by atoms with Gasteiger partial charge in [-0.3, -0.25) is 4.79 Å². The van der Waals surface area contributed by atoms with E-state index in [2.05, 4.69) is 11.3 Å². The lowest BCUT2D eigenvalue weighted by atomic mass is 10.0. The van der Waals surface area contributed by atoms with Gasteiger partial charge in [0, 0.05) is 18.9 Å². The fourth-order valence-corrected chi connectivity index (χ4v) is 1.59. The van der Waals surface area contributed by atoms with E-state index < -0.39 is 6.11 Å². The molecule has 0 fully saturated rings. The molecule has 1 aromatic rings. The van der Waals surface area contributed by atoms with E-state index in [1.807, 2.05) is 6.92 Å². The average Bonchev–Trinajstić information content (AvgIpc) is 2.27. The Morgan fingerprint density at radius 3 is 2.67 bits per heavy atom. The molecule has 0 N–H and O–H groups in total. The first kappa shape index (κ1) is 14.4. The molecule has 2 nitrogen and oxygen atoms in total. The minimum atomic E-state index is -3.26. The lowest BCUT2D eigenvalue weighted by Crippen LogP contribution is -2.19. The summed E-state index contributed by atoms with van der Waals surface area (Å²) in [5.74, 6) is -0.121. The third-order valence-electron chi connectivity index (χ3n) is 2.32. The Bertz CT molecular complexity index is 448. The Balaban J connectivity index is 3.09. The van der Waals surface area contributed by atoms with Crippen LogP contribution in [0.5, 0.6) is 5.75 Å². The fraction of sp³-hybridized carbons (Fsp3) is 0.357. The van der Waals surface area contributed by atoms with Crippen LogP contribution in [0, 0.1) is 0 Å². The molecule has 0 atom stereocenters. The summed E-state index contributed by atoms with van der Waals surface area (Å²) in [6.07, 6.45) is -0.672. The molecule has 0 saturated heterocycles. The molecule has 0 aliphatic heterocycles. The second-order valence-corrected chi connectivity index (χ2v) is 4.04. The highest BCUT2D eigenvalue weighted by Gasteiger charge is 2.23. The molecule has 0 radical (unpaired) electrons. The maximum atomic E-state index is 12.7. The van der Waals surface area contributed by atoms with Gasteiger partial charge in [-0.15, -0.1) is 0 Å². The molecule has 0 aliphatic carbocycles. The second-order valence-electron chi connectivity index (χ2n) is 4.04. The average molecular weight is 254 g/mol. The van der Waals surface area contributed by atoms with E-state index in [1.165, 1.54) is 18.2 Å². The largest absolute Gasteiger partial charge is 0.433 e. The summed E-state index contributed by atoms with van der Waals surface area (Å²) in [6, 6.07) is 4.29. The van der Waals surface area contributed by atoms with Crippen LogP contribution in [0.4, 0.5) is 8.78 Å². The highest BCUT2D eigenvalue weighted by Crippen LogP contribution is 2.25. The van der Waals surface area contributed by atoms with Crippen molar-refractivity contribution in [3.05, 3.63) is 35.9 Å². The predicted molar refractivity (Wildman–Crippen MR) is 67.0 cm³/mol. The number of benzene rings is 1. The van der Waals surface area contributed by atoms with Crippen LogP contribution in [-0.2, 0) is 0 Å². The lowest BCUT2D eigenvalue weighted by molar-refractivity contribution is -0.158. The summed E-state index contributed by atoms with van der Waals surface area (Å²) < 4.78 is 29.9. The molecule has 0 saturated carbocycles. The van der Waals surface area contributed by atoms with Crippen LogP contribution in [-0.4, -0.2) is 11.9 Å². The van der Waals surface area contributed by atoms with Crippen molar-refractivity contribution in [2.45, 2.75) is 32.8 Å². The van der Waals surface area contributed by atoms with Crippen LogP contribution in [0.1, 0.15) is 42.6 Å². The van der Waals surface area contributed by atoms with E-state index in [9.17, 15) is 13.6 Å². The number of Topliss-reactive ketones (excluding diaryl/α,β-unsaturated/α-hetero) is 1. The molecule has 0 heterocycles. The van der Waals surface area contributed by atoms with Crippen molar-refractivity contribution in [1.82, 2.24) is 0 Å². The summed E-state index contributed by atoms with van der Waals surface area (Å²) in [6.45, 7) is 6.13. The number of hydrogen-bond acceptors (Lipinski definition) is 2. The number of ether oxygens (including phenoxy) is 1. The maximum Gasteiger partial charge on any atom is 0.394 e. The maximum absolute atomic E-state index is 12.7. The molecular formula is C14H16F2O2. The van der Waals surface area contributed by atoms with Crippen molar-refractivity contribution in [2.75, 3.05) is 0 Å². The first-order valence-corrected chi connectivity index (χ1v) is 5.74. The van der Waals surface area contributed by atoms with Crippen molar-refractivity contribution in [3.63, 3.8) is 0 Å². The summed E-state index contributed by atoms with van der Waals surface area (Å²) in [5, 5.41) is 0. The highest BCUT2D eigenvalue weighted by atomic mass is 19.3. The van der Waals surface area contributed by atoms with E-state index in [1.54, 1.807) is 6.07 Å². The second kappa shape index (κ2) is 5.76. The number of halogens is 2. The molecule has 4 heteroatoms. The number of rotatable bonds is 6. The van der Waals surface area contributed by atoms with Gasteiger partial charge in [-0.25, -0.2) is 0 Å². The summed E-state index contributed by atoms with van der Waals surface area (Å²) >= 11 is 0. The molecule has 0 aliphatic rings. The number of ketones is 1. The van der Waals surface area contributed by atoms with Crippen molar-refractivity contribution in [2.24, 2.45) is 0 Å². The van der Waals surface area contributed by atoms with Gasteiger partial charge in [0.05, 0.1) is 0 Å². The third-order valence-corrected chi connectivity index (χ3v) is 2.32. The van der Waals surface area contributed by atoms with Crippen LogP contribution in [0.2, 0.25) is 0 Å². The normalized spacial score (nSPS) is 11.1. The van der Waals surface area contributed by atoms with Gasteiger partial charge in [-0.1, -0.05) is 25.6 Å². The zero-order valence-corrected chi connectivity index (χ0v) is 10.5. The van der Waals surface area contributed by atoms with Crippen LogP contribution >= 0.6 is 0 Å². The summed E-state index contributed by atoms with van der Waals surface area (Å²) in [4.78, 5) is 11.9. The molecule has 0 bridgehead atoms. The zero-order valence-electron chi connectivity index (χ0n) is 10.5. The molecule has 18 heavy (non-hydrogen) atoms. The van der Waals surface area contributed by atoms with Gasteiger partial charge in [-0.05, 0) is 24.1 Å². The first-order chi connectivity index (χ1) is 8.37. The highest BCUT2D eigenvalue weighted by molar-refractivity contribution is 5.99. The Morgan fingerprint density at radius 2 is 2.17 bits per heavy atom. The Hall–Kier alpha value is -1.71. The van der Waals surface area contributed by atoms with Crippen molar-refractivity contribution < 1.29 is 18.3 Å². The monoisotopic (exact) mass is 254 g/mol. The van der Waals surface area contributed by atoms with Gasteiger partial charge < -0.3 is 4.74 Å². The Labute approximate surface area is 105 Å². The van der Waals surface area contributed by atoms with E-state index in [-0.39, 0.29) is 11.5 Å². The predicted octanol–water partition coefficient (Wildman–Crippen LogP) is 4.30. The minimum absolute atomic E-state index is 0.0208. The summed E-state index contributed by atoms with van der Waals surface area (Å²) in [5.41, 5.74) is 0.994. The van der Waals surface area contributed by atoms with Crippen molar-refractivity contribution >= 4 is 11.9 Å². The van der Waals surface area contributed by atoms with Gasteiger partial charge in [0.2, 0.25) is 0 Å². The van der Waals surface area contributed by atoms with Crippen molar-refractivity contribution in [1.29, 1.82) is 0 Å². The van der Waals surface area contributed by atoms with Crippen molar-refractivity contribution in [3.8, 4) is 5.75 Å². The molecular weight excluding hydrogens is 238 g/mol. The van der Waals surface area contributed by atoms with Gasteiger partial charge in [0.1, 0.15) is 5.75 Å². The number of carbonyl (C=O) groups excluding carboxylic acids is 1. The Morgan fingerprint density at radius 1 is 1.50 bits per heavy atom. The van der Waals surface area contributed by atoms with Gasteiger partial charge in [0.15, 0.2) is 5.78 Å². The standard InChI is InChI=1S/C14H16F2O2/c1-4-6-13(17)12-9-11(18-14(3,15)16)8-7-10(12)5-2/h5,7-9H,2,4,6H2,1,3H3. The van der Waals surface area contributed by atoms with Crippen LogP contribution < -0.4 is 4.74 Å². The van der Waals surface area contributed by atoms with Gasteiger partial charge in [-0.2, -0.15) is 8.78 Å². The molecule has 0 unspecified atom stereocenters. The first-order valence-electron chi connectivity index (χ1n) is 5.74. The molecule has 0 spiro atoms. The van der Waals surface area contributed by atoms with E-state index in [0.29, 0.717) is 30.9 Å². The lowest BCUT2D eigenvalue weighted by Gasteiger charge is -2.14. The van der Waals surface area contributed by atoms with Crippen LogP contribution in [0.15, 0.2) is 24.8 Å². The molecule has 0 amide bonds. The fourth-order valence-electron chi connectivity index (χ4n) is 1.59. The molecule has 1 rings (SSSR count). The molecule has 1 aromatic carbocycles. The van der Waals surface area contributed by atoms with E-state index >= 15 is 0 Å². The van der Waals surface area contributed by atoms with E-state index in [4.69, 9.17) is 0 Å². The topological polar surface area (TPSA) is 26.3 Å². The Kier molecular flexibility index (Phi) is 4.59. The van der Waals surface area contributed by atoms with Crippen LogP contribution in [0.3, 0.4) is 0 Å². The molecule has 98 valence electrons. The molecule has 0 aromatic heterocycles. The quantitative estimate of drug-likeness (QED) is 0.707. The van der Waals surface area contributed by atoms with Gasteiger partial charge >= 0.3 is 6.11 Å². The smallest absolute Gasteiger partial charge is 0.394 e. The zero-order chi connectivity index (χ0) is 13.8. The van der Waals surface area contributed by atoms with Gasteiger partial charge in [0.25, 0.3) is 0 Å². The minimum Gasteiger partial charge on any atom is -0.433 e.